The van der Waals surface area contributed by atoms with Gasteiger partial charge in [0, 0.05) is 17.5 Å². The molecule has 2 saturated carbocycles. The standard InChI is InChI=1S/C25H30ClN3O3S/c1-13-12-27-24(33-13)28-22(31)6-4-15-10-21(29-32)25(2)8-7-16-17(23(15)25)5-3-14-9-20(30)19(26)11-18(14)16/h9,11-12,15-17,21,23,30H,3-8,10H2,1-2H3,(H,27,28,31). The van der Waals surface area contributed by atoms with Crippen molar-refractivity contribution in [2.24, 2.45) is 28.3 Å². The Kier molecular flexibility index (Phi) is 5.98. The van der Waals surface area contributed by atoms with Gasteiger partial charge in [0.1, 0.15) is 5.75 Å². The Morgan fingerprint density at radius 2 is 2.21 bits per heavy atom. The van der Waals surface area contributed by atoms with E-state index < -0.39 is 0 Å². The first kappa shape index (κ1) is 22.8. The molecule has 0 saturated heterocycles. The van der Waals surface area contributed by atoms with Crippen molar-refractivity contribution >= 4 is 34.0 Å². The molecule has 0 aliphatic heterocycles. The minimum absolute atomic E-state index is 0.0165. The second-order valence-electron chi connectivity index (χ2n) is 10.4. The highest BCUT2D eigenvalue weighted by Gasteiger charge is 2.59. The Morgan fingerprint density at radius 3 is 2.94 bits per heavy atom. The van der Waals surface area contributed by atoms with Crippen molar-refractivity contribution in [3.8, 4) is 5.75 Å². The molecule has 1 heterocycles. The molecule has 6 nitrogen and oxygen atoms in total. The number of aromatic nitrogens is 1. The monoisotopic (exact) mass is 487 g/mol. The van der Waals surface area contributed by atoms with Gasteiger partial charge in [-0.15, -0.1) is 11.3 Å². The van der Waals surface area contributed by atoms with E-state index in [2.05, 4.69) is 22.4 Å². The van der Waals surface area contributed by atoms with Crippen LogP contribution in [0.2, 0.25) is 5.02 Å². The lowest BCUT2D eigenvalue weighted by Gasteiger charge is -2.51. The van der Waals surface area contributed by atoms with E-state index in [9.17, 15) is 14.8 Å². The zero-order valence-electron chi connectivity index (χ0n) is 19.0. The number of aromatic hydroxyl groups is 1. The van der Waals surface area contributed by atoms with Crippen molar-refractivity contribution in [1.29, 1.82) is 0 Å². The maximum atomic E-state index is 12.6. The van der Waals surface area contributed by atoms with Crippen molar-refractivity contribution in [3.63, 3.8) is 0 Å². The molecule has 2 aromatic rings. The van der Waals surface area contributed by atoms with Gasteiger partial charge in [-0.3, -0.25) is 4.79 Å². The molecule has 6 atom stereocenters. The van der Waals surface area contributed by atoms with Gasteiger partial charge in [-0.1, -0.05) is 23.7 Å². The summed E-state index contributed by atoms with van der Waals surface area (Å²) in [7, 11) is 0. The number of fused-ring (bicyclic) bond motifs is 5. The summed E-state index contributed by atoms with van der Waals surface area (Å²) < 4.78 is 0. The Bertz CT molecular complexity index is 1090. The molecule has 1 aromatic heterocycles. The number of amides is 1. The van der Waals surface area contributed by atoms with Crippen LogP contribution < -0.4 is 5.32 Å². The fourth-order valence-electron chi connectivity index (χ4n) is 7.21. The topological polar surface area (TPSA) is 91.7 Å². The van der Waals surface area contributed by atoms with Crippen molar-refractivity contribution in [2.75, 3.05) is 5.32 Å². The number of carbonyl (C=O) groups excluding carboxylic acids is 1. The zero-order chi connectivity index (χ0) is 23.3. The average Bonchev–Trinajstić information content (AvgIpc) is 3.32. The number of thiazole rings is 1. The predicted octanol–water partition coefficient (Wildman–Crippen LogP) is 6.45. The van der Waals surface area contributed by atoms with Gasteiger partial charge >= 0.3 is 0 Å². The van der Waals surface area contributed by atoms with Crippen LogP contribution in [0, 0.1) is 35.0 Å². The van der Waals surface area contributed by atoms with E-state index in [1.54, 1.807) is 6.20 Å². The molecule has 0 bridgehead atoms. The van der Waals surface area contributed by atoms with Crippen LogP contribution in [-0.4, -0.2) is 22.0 Å². The summed E-state index contributed by atoms with van der Waals surface area (Å²) in [5.74, 6) is 1.61. The van der Waals surface area contributed by atoms with Gasteiger partial charge in [0.05, 0.1) is 11.1 Å². The fraction of sp³-hybridized carbons (Fsp3) is 0.600. The molecule has 3 aliphatic carbocycles. The number of halogens is 1. The molecular formula is C25H30ClN3O3S. The molecule has 6 unspecified atom stereocenters. The number of aryl methyl sites for hydroxylation is 2. The van der Waals surface area contributed by atoms with Gasteiger partial charge in [-0.2, -0.15) is 4.91 Å². The second-order valence-corrected chi connectivity index (χ2v) is 12.0. The average molecular weight is 488 g/mol. The quantitative estimate of drug-likeness (QED) is 0.474. The van der Waals surface area contributed by atoms with Gasteiger partial charge < -0.3 is 10.4 Å². The van der Waals surface area contributed by atoms with Crippen LogP contribution in [0.25, 0.3) is 0 Å². The summed E-state index contributed by atoms with van der Waals surface area (Å²) in [6.45, 7) is 4.22. The van der Waals surface area contributed by atoms with Gasteiger partial charge in [0.25, 0.3) is 0 Å². The first-order valence-corrected chi connectivity index (χ1v) is 13.1. The van der Waals surface area contributed by atoms with Crippen LogP contribution >= 0.6 is 22.9 Å². The number of hydrogen-bond acceptors (Lipinski definition) is 6. The largest absolute Gasteiger partial charge is 0.506 e. The van der Waals surface area contributed by atoms with E-state index in [1.165, 1.54) is 22.5 Å². The zero-order valence-corrected chi connectivity index (χ0v) is 20.6. The summed E-state index contributed by atoms with van der Waals surface area (Å²) in [5.41, 5.74) is 2.34. The molecule has 5 rings (SSSR count). The Hall–Kier alpha value is -1.99. The van der Waals surface area contributed by atoms with Gasteiger partial charge in [-0.05, 0) is 97.8 Å². The number of carbonyl (C=O) groups is 1. The van der Waals surface area contributed by atoms with Crippen LogP contribution in [0.4, 0.5) is 5.13 Å². The summed E-state index contributed by atoms with van der Waals surface area (Å²) >= 11 is 7.77. The molecular weight excluding hydrogens is 458 g/mol. The molecule has 8 heteroatoms. The van der Waals surface area contributed by atoms with Crippen molar-refractivity contribution in [2.45, 2.75) is 70.8 Å². The van der Waals surface area contributed by atoms with E-state index in [4.69, 9.17) is 11.6 Å². The van der Waals surface area contributed by atoms with E-state index >= 15 is 0 Å². The maximum absolute atomic E-state index is 12.6. The van der Waals surface area contributed by atoms with Crippen LogP contribution in [0.3, 0.4) is 0 Å². The first-order chi connectivity index (χ1) is 15.8. The Balaban J connectivity index is 1.37. The SMILES string of the molecule is Cc1cnc(NC(=O)CCC2CC(N=O)C3(C)CCC4c5cc(Cl)c(O)cc5CCC4C23)s1. The highest BCUT2D eigenvalue weighted by Crippen LogP contribution is 2.64. The van der Waals surface area contributed by atoms with Crippen LogP contribution in [-0.2, 0) is 11.2 Å². The summed E-state index contributed by atoms with van der Waals surface area (Å²) in [5, 5.41) is 17.6. The van der Waals surface area contributed by atoms with E-state index in [0.717, 1.165) is 43.4 Å². The molecule has 2 fully saturated rings. The maximum Gasteiger partial charge on any atom is 0.226 e. The van der Waals surface area contributed by atoms with Crippen LogP contribution in [0.1, 0.15) is 67.4 Å². The molecule has 0 radical (unpaired) electrons. The predicted molar refractivity (Wildman–Crippen MR) is 131 cm³/mol. The number of rotatable bonds is 5. The summed E-state index contributed by atoms with van der Waals surface area (Å²) in [6, 6.07) is 3.59. The lowest BCUT2D eigenvalue weighted by atomic mass is 9.53. The number of phenols is 1. The highest BCUT2D eigenvalue weighted by atomic mass is 35.5. The molecule has 2 N–H and O–H groups in total. The van der Waals surface area contributed by atoms with E-state index in [0.29, 0.717) is 40.2 Å². The molecule has 33 heavy (non-hydrogen) atoms. The number of nitroso groups, excluding NO2 is 1. The summed E-state index contributed by atoms with van der Waals surface area (Å²) in [6.07, 6.45) is 7.61. The summed E-state index contributed by atoms with van der Waals surface area (Å²) in [4.78, 5) is 29.8. The van der Waals surface area contributed by atoms with Crippen molar-refractivity contribution < 1.29 is 9.90 Å². The van der Waals surface area contributed by atoms with E-state index in [-0.39, 0.29) is 23.1 Å². The third kappa shape index (κ3) is 3.97. The number of anilines is 1. The third-order valence-electron chi connectivity index (χ3n) is 8.62. The van der Waals surface area contributed by atoms with Crippen LogP contribution in [0.15, 0.2) is 23.5 Å². The normalized spacial score (nSPS) is 32.5. The minimum Gasteiger partial charge on any atom is -0.506 e. The lowest BCUT2D eigenvalue weighted by molar-refractivity contribution is -0.116. The van der Waals surface area contributed by atoms with Gasteiger partial charge in [0.15, 0.2) is 5.13 Å². The second kappa shape index (κ2) is 8.66. The highest BCUT2D eigenvalue weighted by molar-refractivity contribution is 7.15. The Labute approximate surface area is 203 Å². The van der Waals surface area contributed by atoms with Crippen molar-refractivity contribution in [1.82, 2.24) is 4.98 Å². The van der Waals surface area contributed by atoms with Gasteiger partial charge in [0.2, 0.25) is 5.91 Å². The van der Waals surface area contributed by atoms with E-state index in [1.807, 2.05) is 19.1 Å². The number of hydrogen-bond donors (Lipinski definition) is 2. The number of nitrogens with zero attached hydrogens (tertiary/aromatic N) is 2. The number of nitrogens with one attached hydrogen (secondary N) is 1. The molecule has 3 aliphatic rings. The molecule has 1 aromatic carbocycles. The molecule has 0 spiro atoms. The molecule has 1 amide bonds. The van der Waals surface area contributed by atoms with Crippen LogP contribution in [0.5, 0.6) is 5.75 Å². The fourth-order valence-corrected chi connectivity index (χ4v) is 8.06. The minimum atomic E-state index is -0.192. The van der Waals surface area contributed by atoms with Gasteiger partial charge in [-0.25, -0.2) is 4.98 Å². The first-order valence-electron chi connectivity index (χ1n) is 11.9. The Morgan fingerprint density at radius 1 is 1.39 bits per heavy atom. The smallest absolute Gasteiger partial charge is 0.226 e. The van der Waals surface area contributed by atoms with Crippen molar-refractivity contribution in [3.05, 3.63) is 44.3 Å². The third-order valence-corrected chi connectivity index (χ3v) is 9.75. The number of phenolic OH excluding ortho intramolecular Hbond substituents is 1. The molecule has 176 valence electrons. The number of benzene rings is 1. The lowest BCUT2D eigenvalue weighted by Crippen LogP contribution is -2.45.